The number of methoxy groups -OCH3 is 1. The molecule has 33 heavy (non-hydrogen) atoms. The number of benzene rings is 3. The largest absolute Gasteiger partial charge is 0.497 e. The van der Waals surface area contributed by atoms with E-state index in [0.29, 0.717) is 24.2 Å². The zero-order chi connectivity index (χ0) is 24.0. The molecule has 3 rings (SSSR count). The third kappa shape index (κ3) is 6.81. The van der Waals surface area contributed by atoms with Gasteiger partial charge in [-0.05, 0) is 60.5 Å². The van der Waals surface area contributed by atoms with Gasteiger partial charge in [0.05, 0.1) is 22.7 Å². The van der Waals surface area contributed by atoms with Crippen LogP contribution in [0.2, 0.25) is 5.02 Å². The van der Waals surface area contributed by atoms with Crippen molar-refractivity contribution in [3.8, 4) is 5.75 Å². The Kier molecular flexibility index (Phi) is 7.73. The van der Waals surface area contributed by atoms with E-state index in [4.69, 9.17) is 16.3 Å². The second kappa shape index (κ2) is 10.5. The normalized spacial score (nSPS) is 11.0. The Labute approximate surface area is 197 Å². The molecule has 0 unspecified atom stereocenters. The second-order valence-electron chi connectivity index (χ2n) is 7.34. The Balaban J connectivity index is 1.60. The van der Waals surface area contributed by atoms with Crippen molar-refractivity contribution in [2.24, 2.45) is 0 Å². The van der Waals surface area contributed by atoms with Crippen LogP contribution in [0, 0.1) is 0 Å². The van der Waals surface area contributed by atoms with Gasteiger partial charge in [-0.2, -0.15) is 0 Å². The number of rotatable bonds is 8. The van der Waals surface area contributed by atoms with Gasteiger partial charge >= 0.3 is 0 Å². The van der Waals surface area contributed by atoms with Gasteiger partial charge in [0.25, 0.3) is 5.91 Å². The summed E-state index contributed by atoms with van der Waals surface area (Å²) < 4.78 is 28.5. The van der Waals surface area contributed by atoms with Crippen molar-refractivity contribution < 1.29 is 22.7 Å². The van der Waals surface area contributed by atoms with Crippen LogP contribution in [0.1, 0.15) is 22.3 Å². The first-order chi connectivity index (χ1) is 15.7. The molecular formula is C24H23ClN2O5S. The first-order valence-electron chi connectivity index (χ1n) is 9.99. The fraction of sp³-hybridized carbons (Fsp3) is 0.167. The Hall–Kier alpha value is -3.36. The first-order valence-corrected chi connectivity index (χ1v) is 12.3. The average Bonchev–Trinajstić information content (AvgIpc) is 2.79. The van der Waals surface area contributed by atoms with Crippen molar-refractivity contribution in [2.45, 2.75) is 17.7 Å². The summed E-state index contributed by atoms with van der Waals surface area (Å²) >= 11 is 6.28. The van der Waals surface area contributed by atoms with E-state index in [-0.39, 0.29) is 21.4 Å². The Bertz CT molecular complexity index is 1270. The highest BCUT2D eigenvalue weighted by molar-refractivity contribution is 7.90. The molecule has 0 aliphatic rings. The number of anilines is 2. The summed E-state index contributed by atoms with van der Waals surface area (Å²) in [5.74, 6) is 0.0862. The van der Waals surface area contributed by atoms with Gasteiger partial charge in [-0.15, -0.1) is 0 Å². The van der Waals surface area contributed by atoms with E-state index < -0.39 is 15.7 Å². The van der Waals surface area contributed by atoms with Crippen LogP contribution in [-0.2, 0) is 21.1 Å². The third-order valence-electron chi connectivity index (χ3n) is 4.83. The topological polar surface area (TPSA) is 102 Å². The molecule has 0 aliphatic carbocycles. The lowest BCUT2D eigenvalue weighted by Crippen LogP contribution is -2.14. The molecule has 0 bridgehead atoms. The van der Waals surface area contributed by atoms with E-state index in [1.54, 1.807) is 19.2 Å². The number of hydrogen-bond donors (Lipinski definition) is 2. The molecule has 0 heterocycles. The van der Waals surface area contributed by atoms with Gasteiger partial charge in [-0.3, -0.25) is 9.59 Å². The minimum Gasteiger partial charge on any atom is -0.497 e. The molecule has 0 radical (unpaired) electrons. The van der Waals surface area contributed by atoms with Crippen LogP contribution < -0.4 is 15.4 Å². The minimum absolute atomic E-state index is 0.0500. The fourth-order valence-corrected chi connectivity index (χ4v) is 3.92. The molecule has 0 aromatic heterocycles. The van der Waals surface area contributed by atoms with Gasteiger partial charge in [-0.1, -0.05) is 29.8 Å². The third-order valence-corrected chi connectivity index (χ3v) is 6.25. The van der Waals surface area contributed by atoms with E-state index in [2.05, 4.69) is 10.6 Å². The van der Waals surface area contributed by atoms with E-state index in [0.717, 1.165) is 17.6 Å². The average molecular weight is 487 g/mol. The number of amides is 2. The number of aryl methyl sites for hydroxylation is 1. The molecule has 3 aromatic rings. The molecule has 0 saturated heterocycles. The quantitative estimate of drug-likeness (QED) is 0.485. The summed E-state index contributed by atoms with van der Waals surface area (Å²) in [4.78, 5) is 24.9. The van der Waals surface area contributed by atoms with Gasteiger partial charge in [0.1, 0.15) is 5.75 Å². The maximum absolute atomic E-state index is 12.5. The zero-order valence-corrected chi connectivity index (χ0v) is 19.7. The number of halogens is 1. The van der Waals surface area contributed by atoms with E-state index >= 15 is 0 Å². The van der Waals surface area contributed by atoms with Gasteiger partial charge in [0.2, 0.25) is 5.91 Å². The lowest BCUT2D eigenvalue weighted by Gasteiger charge is -2.11. The zero-order valence-electron chi connectivity index (χ0n) is 18.1. The predicted molar refractivity (Wildman–Crippen MR) is 129 cm³/mol. The molecule has 3 aromatic carbocycles. The molecule has 0 atom stereocenters. The van der Waals surface area contributed by atoms with E-state index in [9.17, 15) is 18.0 Å². The highest BCUT2D eigenvalue weighted by Gasteiger charge is 2.13. The monoisotopic (exact) mass is 486 g/mol. The number of hydrogen-bond acceptors (Lipinski definition) is 5. The van der Waals surface area contributed by atoms with Crippen molar-refractivity contribution in [1.29, 1.82) is 0 Å². The summed E-state index contributed by atoms with van der Waals surface area (Å²) in [6.07, 6.45) is 1.94. The number of ether oxygens (including phenoxy) is 1. The van der Waals surface area contributed by atoms with E-state index in [1.165, 1.54) is 30.3 Å². The van der Waals surface area contributed by atoms with Crippen molar-refractivity contribution >= 4 is 44.6 Å². The number of carbonyl (C=O) groups is 2. The van der Waals surface area contributed by atoms with Gasteiger partial charge in [0, 0.05) is 23.9 Å². The Morgan fingerprint density at radius 2 is 1.70 bits per heavy atom. The lowest BCUT2D eigenvalue weighted by molar-refractivity contribution is -0.116. The van der Waals surface area contributed by atoms with Crippen LogP contribution in [0.5, 0.6) is 5.75 Å². The van der Waals surface area contributed by atoms with Gasteiger partial charge in [-0.25, -0.2) is 8.42 Å². The van der Waals surface area contributed by atoms with Crippen LogP contribution in [0.25, 0.3) is 0 Å². The molecule has 0 saturated carbocycles. The summed E-state index contributed by atoms with van der Waals surface area (Å²) in [6.45, 7) is 0. The SMILES string of the molecule is COc1ccc(CCC(=O)Nc2ccc(NC(=O)c3cccc(S(C)(=O)=O)c3)c(Cl)c2)cc1. The standard InChI is InChI=1S/C24H23ClN2O5S/c1-32-19-10-6-16(7-11-19)8-13-23(28)26-18-9-12-22(21(25)15-18)27-24(29)17-4-3-5-20(14-17)33(2,30)31/h3-7,9-12,14-15H,8,13H2,1-2H3,(H,26,28)(H,27,29). The summed E-state index contributed by atoms with van der Waals surface area (Å²) in [6, 6.07) is 18.0. The van der Waals surface area contributed by atoms with Crippen LogP contribution in [0.4, 0.5) is 11.4 Å². The minimum atomic E-state index is -3.43. The predicted octanol–water partition coefficient (Wildman–Crippen LogP) is 4.58. The summed E-state index contributed by atoms with van der Waals surface area (Å²) in [7, 11) is -1.84. The van der Waals surface area contributed by atoms with Gasteiger partial charge in [0.15, 0.2) is 9.84 Å². The molecule has 0 aliphatic heterocycles. The highest BCUT2D eigenvalue weighted by atomic mass is 35.5. The maximum Gasteiger partial charge on any atom is 0.255 e. The summed E-state index contributed by atoms with van der Waals surface area (Å²) in [5, 5.41) is 5.67. The number of sulfone groups is 1. The first kappa shape index (κ1) is 24.3. The van der Waals surface area contributed by atoms with Crippen molar-refractivity contribution in [3.05, 3.63) is 82.9 Å². The maximum atomic E-state index is 12.5. The van der Waals surface area contributed by atoms with Crippen LogP contribution >= 0.6 is 11.6 Å². The number of carbonyl (C=O) groups excluding carboxylic acids is 2. The molecule has 0 spiro atoms. The highest BCUT2D eigenvalue weighted by Crippen LogP contribution is 2.26. The molecule has 7 nitrogen and oxygen atoms in total. The smallest absolute Gasteiger partial charge is 0.255 e. The van der Waals surface area contributed by atoms with Crippen LogP contribution in [0.15, 0.2) is 71.6 Å². The van der Waals surface area contributed by atoms with Crippen LogP contribution in [-0.4, -0.2) is 33.6 Å². The van der Waals surface area contributed by atoms with Gasteiger partial charge < -0.3 is 15.4 Å². The molecule has 172 valence electrons. The molecule has 9 heteroatoms. The van der Waals surface area contributed by atoms with Crippen molar-refractivity contribution in [2.75, 3.05) is 24.0 Å². The Morgan fingerprint density at radius 3 is 2.33 bits per heavy atom. The second-order valence-corrected chi connectivity index (χ2v) is 9.77. The molecule has 0 fully saturated rings. The Morgan fingerprint density at radius 1 is 0.970 bits per heavy atom. The summed E-state index contributed by atoms with van der Waals surface area (Å²) in [5.41, 5.74) is 2.03. The molecule has 2 amide bonds. The van der Waals surface area contributed by atoms with E-state index in [1.807, 2.05) is 24.3 Å². The van der Waals surface area contributed by atoms with Crippen LogP contribution in [0.3, 0.4) is 0 Å². The van der Waals surface area contributed by atoms with Crippen molar-refractivity contribution in [1.82, 2.24) is 0 Å². The molecular weight excluding hydrogens is 464 g/mol. The van der Waals surface area contributed by atoms with Crippen molar-refractivity contribution in [3.63, 3.8) is 0 Å². The lowest BCUT2D eigenvalue weighted by atomic mass is 10.1. The number of nitrogens with one attached hydrogen (secondary N) is 2. The molecule has 2 N–H and O–H groups in total. The fourth-order valence-electron chi connectivity index (χ4n) is 3.03.